The van der Waals surface area contributed by atoms with Gasteiger partial charge in [0.2, 0.25) is 5.91 Å². The van der Waals surface area contributed by atoms with Gasteiger partial charge in [-0.1, -0.05) is 25.3 Å². The topological polar surface area (TPSA) is 83.9 Å². The molecular weight excluding hydrogens is 584 g/mol. The second kappa shape index (κ2) is 11.3. The standard InChI is InChI=1S/C36H44N4O4S/c1-38-15-6-16-39(18-17-38)35(42)36-21-30(36)29-20-25(44-2)10-14-27(29)33-32(23-7-4-3-5-8-23)28-13-9-24(19-31(28)40(33)22-36)34(41)37-45(43)26-11-12-26/h9-10,13-14,19-20,23,26,30H,3-8,11-12,15-18,21-22H2,1-2H3,(H,37,41). The lowest BCUT2D eigenvalue weighted by Crippen LogP contribution is -2.41. The van der Waals surface area contributed by atoms with Gasteiger partial charge in [0.05, 0.1) is 23.5 Å². The van der Waals surface area contributed by atoms with E-state index in [1.54, 1.807) is 7.11 Å². The summed E-state index contributed by atoms with van der Waals surface area (Å²) in [5, 5.41) is 1.25. The van der Waals surface area contributed by atoms with Crippen LogP contribution in [-0.4, -0.2) is 76.0 Å². The molecule has 0 bridgehead atoms. The lowest BCUT2D eigenvalue weighted by molar-refractivity contribution is -0.137. The van der Waals surface area contributed by atoms with Gasteiger partial charge in [-0.3, -0.25) is 14.3 Å². The number of hydrogen-bond acceptors (Lipinski definition) is 5. The van der Waals surface area contributed by atoms with Crippen LogP contribution in [0.1, 0.15) is 91.1 Å². The van der Waals surface area contributed by atoms with Crippen molar-refractivity contribution in [2.75, 3.05) is 40.3 Å². The van der Waals surface area contributed by atoms with E-state index in [1.165, 1.54) is 47.0 Å². The van der Waals surface area contributed by atoms with Crippen molar-refractivity contribution in [3.63, 3.8) is 0 Å². The molecule has 5 aliphatic rings. The Hall–Kier alpha value is -3.17. The van der Waals surface area contributed by atoms with Crippen molar-refractivity contribution in [1.29, 1.82) is 0 Å². The number of aromatic nitrogens is 1. The number of carbonyl (C=O) groups is 2. The fourth-order valence-corrected chi connectivity index (χ4v) is 9.53. The lowest BCUT2D eigenvalue weighted by atomic mass is 9.81. The zero-order valence-electron chi connectivity index (χ0n) is 26.5. The van der Waals surface area contributed by atoms with Gasteiger partial charge in [-0.25, -0.2) is 4.21 Å². The van der Waals surface area contributed by atoms with Crippen LogP contribution in [0.25, 0.3) is 22.2 Å². The molecule has 45 heavy (non-hydrogen) atoms. The first-order valence-corrected chi connectivity index (χ1v) is 18.1. The van der Waals surface area contributed by atoms with Crippen molar-refractivity contribution in [3.8, 4) is 17.0 Å². The molecule has 3 aliphatic carbocycles. The first-order chi connectivity index (χ1) is 21.9. The van der Waals surface area contributed by atoms with Crippen LogP contribution in [0.2, 0.25) is 0 Å². The van der Waals surface area contributed by atoms with Gasteiger partial charge in [-0.2, -0.15) is 0 Å². The predicted molar refractivity (Wildman–Crippen MR) is 177 cm³/mol. The van der Waals surface area contributed by atoms with Crippen LogP contribution in [0.4, 0.5) is 0 Å². The molecule has 238 valence electrons. The van der Waals surface area contributed by atoms with E-state index in [9.17, 15) is 13.8 Å². The van der Waals surface area contributed by atoms with Crippen molar-refractivity contribution in [1.82, 2.24) is 19.1 Å². The van der Waals surface area contributed by atoms with Crippen LogP contribution in [0, 0.1) is 5.41 Å². The highest BCUT2D eigenvalue weighted by atomic mass is 32.2. The van der Waals surface area contributed by atoms with E-state index in [0.29, 0.717) is 18.0 Å². The number of carbonyl (C=O) groups excluding carboxylic acids is 2. The minimum atomic E-state index is -1.35. The van der Waals surface area contributed by atoms with Crippen molar-refractivity contribution in [2.45, 2.75) is 81.4 Å². The van der Waals surface area contributed by atoms with Gasteiger partial charge in [0.15, 0.2) is 0 Å². The zero-order valence-corrected chi connectivity index (χ0v) is 27.3. The third-order valence-electron chi connectivity index (χ3n) is 11.2. The summed E-state index contributed by atoms with van der Waals surface area (Å²) in [6.45, 7) is 4.04. The summed E-state index contributed by atoms with van der Waals surface area (Å²) in [7, 11) is 2.50. The Labute approximate surface area is 268 Å². The van der Waals surface area contributed by atoms with Crippen molar-refractivity contribution in [3.05, 3.63) is 53.1 Å². The van der Waals surface area contributed by atoms with Gasteiger partial charge in [0.1, 0.15) is 16.7 Å². The fraction of sp³-hybridized carbons (Fsp3) is 0.556. The highest BCUT2D eigenvalue weighted by Gasteiger charge is 2.63. The maximum absolute atomic E-state index is 14.7. The summed E-state index contributed by atoms with van der Waals surface area (Å²) >= 11 is 0. The van der Waals surface area contributed by atoms with Gasteiger partial charge < -0.3 is 19.1 Å². The Balaban J connectivity index is 1.30. The quantitative estimate of drug-likeness (QED) is 0.386. The zero-order chi connectivity index (χ0) is 30.9. The molecule has 4 fully saturated rings. The molecule has 3 heterocycles. The number of amides is 2. The highest BCUT2D eigenvalue weighted by Crippen LogP contribution is 2.66. The van der Waals surface area contributed by atoms with E-state index in [-0.39, 0.29) is 23.0 Å². The Morgan fingerprint density at radius 3 is 2.56 bits per heavy atom. The first kappa shape index (κ1) is 29.2. The number of likely N-dealkylation sites (N-methyl/N-ethyl adjacent to an activating group) is 1. The summed E-state index contributed by atoms with van der Waals surface area (Å²) in [5.41, 5.74) is 5.99. The Morgan fingerprint density at radius 2 is 1.78 bits per heavy atom. The summed E-state index contributed by atoms with van der Waals surface area (Å²) < 4.78 is 23.5. The largest absolute Gasteiger partial charge is 0.497 e. The van der Waals surface area contributed by atoms with Crippen LogP contribution >= 0.6 is 0 Å². The number of benzene rings is 2. The van der Waals surface area contributed by atoms with Gasteiger partial charge in [-0.05, 0) is 99.5 Å². The number of hydrogen-bond donors (Lipinski definition) is 1. The summed E-state index contributed by atoms with van der Waals surface area (Å²) in [6.07, 6.45) is 9.60. The summed E-state index contributed by atoms with van der Waals surface area (Å²) in [6, 6.07) is 12.4. The van der Waals surface area contributed by atoms with E-state index >= 15 is 0 Å². The predicted octanol–water partition coefficient (Wildman–Crippen LogP) is 5.57. The average molecular weight is 629 g/mol. The molecule has 2 aromatic carbocycles. The number of rotatable bonds is 6. The van der Waals surface area contributed by atoms with Crippen LogP contribution in [0.15, 0.2) is 36.4 Å². The third-order valence-corrected chi connectivity index (χ3v) is 12.7. The molecule has 3 aromatic rings. The van der Waals surface area contributed by atoms with Crippen LogP contribution in [0.5, 0.6) is 5.75 Å². The number of nitrogens with zero attached hydrogens (tertiary/aromatic N) is 3. The SMILES string of the molecule is COc1ccc2c(c1)C1CC1(C(=O)N1CCCN(C)CC1)Cn1c-2c(C2CCCCC2)c2ccc(C(=O)NS(=O)C3CC3)cc21. The van der Waals surface area contributed by atoms with Crippen LogP contribution < -0.4 is 9.46 Å². The van der Waals surface area contributed by atoms with Crippen molar-refractivity contribution in [2.24, 2.45) is 5.41 Å². The molecule has 3 unspecified atom stereocenters. The van der Waals surface area contributed by atoms with E-state index in [0.717, 1.165) is 76.0 Å². The normalized spacial score (nSPS) is 25.8. The Kier molecular flexibility index (Phi) is 7.32. The molecule has 9 heteroatoms. The van der Waals surface area contributed by atoms with E-state index in [4.69, 9.17) is 4.74 Å². The molecule has 1 aromatic heterocycles. The molecule has 8 nitrogen and oxygen atoms in total. The Morgan fingerprint density at radius 1 is 0.956 bits per heavy atom. The van der Waals surface area contributed by atoms with E-state index in [2.05, 4.69) is 50.4 Å². The second-order valence-corrected chi connectivity index (χ2v) is 15.6. The minimum Gasteiger partial charge on any atom is -0.497 e. The molecule has 2 aliphatic heterocycles. The van der Waals surface area contributed by atoms with Crippen LogP contribution in [0.3, 0.4) is 0 Å². The molecule has 3 atom stereocenters. The molecule has 0 radical (unpaired) electrons. The van der Waals surface area contributed by atoms with Crippen molar-refractivity contribution < 1.29 is 18.5 Å². The number of fused-ring (bicyclic) bond motifs is 7. The molecule has 1 saturated heterocycles. The van der Waals surface area contributed by atoms with E-state index in [1.807, 2.05) is 12.1 Å². The van der Waals surface area contributed by atoms with E-state index < -0.39 is 16.4 Å². The average Bonchev–Trinajstić information content (AvgIpc) is 3.98. The van der Waals surface area contributed by atoms with Gasteiger partial charge in [0, 0.05) is 54.1 Å². The maximum atomic E-state index is 14.7. The molecule has 2 amide bonds. The molecule has 8 rings (SSSR count). The summed E-state index contributed by atoms with van der Waals surface area (Å²) in [5.74, 6) is 1.35. The summed E-state index contributed by atoms with van der Waals surface area (Å²) in [4.78, 5) is 32.5. The van der Waals surface area contributed by atoms with Gasteiger partial charge >= 0.3 is 0 Å². The molecule has 0 spiro atoms. The second-order valence-electron chi connectivity index (χ2n) is 14.2. The Bertz CT molecular complexity index is 1710. The number of methoxy groups -OCH3 is 1. The first-order valence-electron chi connectivity index (χ1n) is 16.9. The van der Waals surface area contributed by atoms with Crippen molar-refractivity contribution >= 4 is 33.7 Å². The monoisotopic (exact) mass is 628 g/mol. The molecule has 3 saturated carbocycles. The van der Waals surface area contributed by atoms with Gasteiger partial charge in [-0.15, -0.1) is 0 Å². The highest BCUT2D eigenvalue weighted by molar-refractivity contribution is 7.84. The lowest BCUT2D eigenvalue weighted by Gasteiger charge is -2.27. The third kappa shape index (κ3) is 5.01. The minimum absolute atomic E-state index is 0.0742. The maximum Gasteiger partial charge on any atom is 0.263 e. The molecular formula is C36H44N4O4S. The molecule has 1 N–H and O–H groups in total. The van der Waals surface area contributed by atoms with Crippen LogP contribution in [-0.2, 0) is 22.3 Å². The smallest absolute Gasteiger partial charge is 0.263 e. The number of nitrogens with one attached hydrogen (secondary N) is 1. The number of ether oxygens (including phenoxy) is 1. The van der Waals surface area contributed by atoms with Gasteiger partial charge in [0.25, 0.3) is 5.91 Å². The fourth-order valence-electron chi connectivity index (χ4n) is 8.50.